The number of likely N-dealkylation sites (tertiary alicyclic amines) is 1. The van der Waals surface area contributed by atoms with Crippen LogP contribution in [0.4, 0.5) is 5.69 Å². The predicted octanol–water partition coefficient (Wildman–Crippen LogP) is 2.63. The second-order valence-corrected chi connectivity index (χ2v) is 6.18. The Morgan fingerprint density at radius 2 is 2.13 bits per heavy atom. The first-order valence-corrected chi connectivity index (χ1v) is 8.27. The number of para-hydroxylation sites is 1. The van der Waals surface area contributed by atoms with Gasteiger partial charge in [0, 0.05) is 50.1 Å². The Morgan fingerprint density at radius 3 is 2.87 bits per heavy atom. The predicted molar refractivity (Wildman–Crippen MR) is 91.3 cm³/mol. The van der Waals surface area contributed by atoms with Gasteiger partial charge in [-0.3, -0.25) is 9.48 Å². The van der Waals surface area contributed by atoms with Gasteiger partial charge >= 0.3 is 0 Å². The monoisotopic (exact) mass is 312 g/mol. The smallest absolute Gasteiger partial charge is 0.225 e. The van der Waals surface area contributed by atoms with Crippen molar-refractivity contribution in [1.82, 2.24) is 14.7 Å². The van der Waals surface area contributed by atoms with Crippen molar-refractivity contribution in [2.24, 2.45) is 7.05 Å². The molecule has 1 fully saturated rings. The van der Waals surface area contributed by atoms with Crippen LogP contribution in [0, 0.1) is 0 Å². The van der Waals surface area contributed by atoms with E-state index >= 15 is 0 Å². The van der Waals surface area contributed by atoms with Crippen LogP contribution in [0.2, 0.25) is 0 Å². The summed E-state index contributed by atoms with van der Waals surface area (Å²) < 4.78 is 1.97. The van der Waals surface area contributed by atoms with Crippen molar-refractivity contribution in [2.75, 3.05) is 25.0 Å². The van der Waals surface area contributed by atoms with Crippen LogP contribution in [0.1, 0.15) is 30.9 Å². The van der Waals surface area contributed by atoms with Crippen molar-refractivity contribution >= 4 is 11.6 Å². The molecule has 5 nitrogen and oxygen atoms in total. The normalized spacial score (nSPS) is 18.7. The Kier molecular flexibility index (Phi) is 5.08. The number of carbonyl (C=O) groups is 1. The van der Waals surface area contributed by atoms with Crippen LogP contribution in [0.15, 0.2) is 42.6 Å². The third-order valence-corrected chi connectivity index (χ3v) is 4.50. The Morgan fingerprint density at radius 1 is 1.30 bits per heavy atom. The first-order chi connectivity index (χ1) is 11.2. The van der Waals surface area contributed by atoms with Gasteiger partial charge in [0.25, 0.3) is 0 Å². The number of anilines is 1. The highest BCUT2D eigenvalue weighted by molar-refractivity contribution is 5.90. The summed E-state index contributed by atoms with van der Waals surface area (Å²) >= 11 is 0. The summed E-state index contributed by atoms with van der Waals surface area (Å²) in [5, 5.41) is 7.22. The van der Waals surface area contributed by atoms with Gasteiger partial charge in [-0.1, -0.05) is 18.2 Å². The molecule has 0 saturated carbocycles. The number of rotatable bonds is 5. The van der Waals surface area contributed by atoms with Gasteiger partial charge in [0.05, 0.1) is 0 Å². The van der Waals surface area contributed by atoms with Crippen molar-refractivity contribution in [1.29, 1.82) is 0 Å². The number of hydrogen-bond donors (Lipinski definition) is 1. The van der Waals surface area contributed by atoms with E-state index in [9.17, 15) is 4.79 Å². The lowest BCUT2D eigenvalue weighted by Crippen LogP contribution is -2.37. The molecule has 3 rings (SSSR count). The molecule has 1 aliphatic rings. The maximum Gasteiger partial charge on any atom is 0.225 e. The molecule has 1 N–H and O–H groups in total. The topological polar surface area (TPSA) is 50.2 Å². The van der Waals surface area contributed by atoms with Crippen LogP contribution in [-0.2, 0) is 11.8 Å². The number of nitrogens with zero attached hydrogens (tertiary/aromatic N) is 3. The fourth-order valence-corrected chi connectivity index (χ4v) is 3.29. The average molecular weight is 312 g/mol. The highest BCUT2D eigenvalue weighted by atomic mass is 16.1. The summed E-state index contributed by atoms with van der Waals surface area (Å²) in [7, 11) is 2.00. The molecule has 1 aromatic carbocycles. The summed E-state index contributed by atoms with van der Waals surface area (Å²) in [5.74, 6) is 0.604. The third-order valence-electron chi connectivity index (χ3n) is 4.50. The summed E-state index contributed by atoms with van der Waals surface area (Å²) in [6.45, 7) is 2.90. The number of hydrogen-bond acceptors (Lipinski definition) is 3. The lowest BCUT2D eigenvalue weighted by molar-refractivity contribution is -0.116. The number of aryl methyl sites for hydroxylation is 1. The van der Waals surface area contributed by atoms with Crippen LogP contribution in [0.25, 0.3) is 0 Å². The summed E-state index contributed by atoms with van der Waals surface area (Å²) in [6.07, 6.45) is 4.77. The molecule has 5 heteroatoms. The van der Waals surface area contributed by atoms with Crippen LogP contribution in [-0.4, -0.2) is 40.2 Å². The van der Waals surface area contributed by atoms with Crippen LogP contribution in [0.3, 0.4) is 0 Å². The highest BCUT2D eigenvalue weighted by Gasteiger charge is 2.23. The van der Waals surface area contributed by atoms with E-state index in [0.29, 0.717) is 12.3 Å². The van der Waals surface area contributed by atoms with Gasteiger partial charge in [-0.2, -0.15) is 5.10 Å². The molecule has 1 aromatic heterocycles. The minimum absolute atomic E-state index is 0.0823. The number of carbonyl (C=O) groups excluding carboxylic acids is 1. The van der Waals surface area contributed by atoms with E-state index in [0.717, 1.165) is 25.3 Å². The number of piperidine rings is 1. The molecular formula is C18H24N4O. The largest absolute Gasteiger partial charge is 0.326 e. The standard InChI is InChI=1S/C18H24N4O/c1-21-17(9-11-19-21)15-6-5-12-22(14-15)13-10-18(23)20-16-7-3-2-4-8-16/h2-4,7-9,11,15H,5-6,10,12-14H2,1H3,(H,20,23). The zero-order valence-electron chi connectivity index (χ0n) is 13.6. The quantitative estimate of drug-likeness (QED) is 0.923. The summed E-state index contributed by atoms with van der Waals surface area (Å²) in [5.41, 5.74) is 2.16. The second kappa shape index (κ2) is 7.42. The molecule has 2 aromatic rings. The van der Waals surface area contributed by atoms with Gasteiger partial charge < -0.3 is 10.2 Å². The summed E-state index contributed by atoms with van der Waals surface area (Å²) in [4.78, 5) is 14.5. The van der Waals surface area contributed by atoms with Gasteiger partial charge in [0.2, 0.25) is 5.91 Å². The molecule has 0 aliphatic carbocycles. The van der Waals surface area contributed by atoms with Crippen molar-refractivity contribution < 1.29 is 4.79 Å². The number of nitrogens with one attached hydrogen (secondary N) is 1. The van der Waals surface area contributed by atoms with E-state index in [1.807, 2.05) is 48.3 Å². The third kappa shape index (κ3) is 4.20. The fraction of sp³-hybridized carbons (Fsp3) is 0.444. The molecule has 1 saturated heterocycles. The summed E-state index contributed by atoms with van der Waals surface area (Å²) in [6, 6.07) is 11.7. The van der Waals surface area contributed by atoms with Gasteiger partial charge in [0.1, 0.15) is 0 Å². The van der Waals surface area contributed by atoms with Crippen LogP contribution in [0.5, 0.6) is 0 Å². The van der Waals surface area contributed by atoms with Gasteiger partial charge in [-0.05, 0) is 37.6 Å². The SMILES string of the molecule is Cn1nccc1C1CCCN(CCC(=O)Nc2ccccc2)C1. The number of amides is 1. The maximum absolute atomic E-state index is 12.1. The number of aromatic nitrogens is 2. The minimum Gasteiger partial charge on any atom is -0.326 e. The lowest BCUT2D eigenvalue weighted by atomic mass is 9.94. The van der Waals surface area contributed by atoms with E-state index in [4.69, 9.17) is 0 Å². The molecule has 0 spiro atoms. The molecule has 122 valence electrons. The Labute approximate surface area is 137 Å². The molecule has 0 bridgehead atoms. The first kappa shape index (κ1) is 15.7. The molecule has 1 amide bonds. The van der Waals surface area contributed by atoms with Crippen molar-refractivity contribution in [2.45, 2.75) is 25.2 Å². The molecule has 1 unspecified atom stereocenters. The average Bonchev–Trinajstić information content (AvgIpc) is 3.00. The Bertz CT molecular complexity index is 637. The van der Waals surface area contributed by atoms with Gasteiger partial charge in [-0.15, -0.1) is 0 Å². The van der Waals surface area contributed by atoms with E-state index in [2.05, 4.69) is 21.4 Å². The Hall–Kier alpha value is -2.14. The highest BCUT2D eigenvalue weighted by Crippen LogP contribution is 2.26. The maximum atomic E-state index is 12.1. The second-order valence-electron chi connectivity index (χ2n) is 6.18. The molecule has 1 atom stereocenters. The van der Waals surface area contributed by atoms with E-state index in [1.54, 1.807) is 0 Å². The first-order valence-electron chi connectivity index (χ1n) is 8.27. The molecule has 1 aliphatic heterocycles. The van der Waals surface area contributed by atoms with Gasteiger partial charge in [-0.25, -0.2) is 0 Å². The molecule has 0 radical (unpaired) electrons. The van der Waals surface area contributed by atoms with E-state index in [1.165, 1.54) is 18.5 Å². The number of benzene rings is 1. The van der Waals surface area contributed by atoms with Crippen LogP contribution < -0.4 is 5.32 Å². The zero-order valence-corrected chi connectivity index (χ0v) is 13.6. The van der Waals surface area contributed by atoms with Crippen molar-refractivity contribution in [3.05, 3.63) is 48.3 Å². The lowest BCUT2D eigenvalue weighted by Gasteiger charge is -2.32. The molecular weight excluding hydrogens is 288 g/mol. The Balaban J connectivity index is 1.48. The van der Waals surface area contributed by atoms with Crippen molar-refractivity contribution in [3.8, 4) is 0 Å². The van der Waals surface area contributed by atoms with E-state index in [-0.39, 0.29) is 5.91 Å². The fourth-order valence-electron chi connectivity index (χ4n) is 3.29. The minimum atomic E-state index is 0.0823. The zero-order chi connectivity index (χ0) is 16.1. The van der Waals surface area contributed by atoms with Crippen molar-refractivity contribution in [3.63, 3.8) is 0 Å². The van der Waals surface area contributed by atoms with Crippen LogP contribution >= 0.6 is 0 Å². The van der Waals surface area contributed by atoms with E-state index < -0.39 is 0 Å². The molecule has 23 heavy (non-hydrogen) atoms. The van der Waals surface area contributed by atoms with Gasteiger partial charge in [0.15, 0.2) is 0 Å². The molecule has 2 heterocycles.